The standard InChI is InChI=1S/C28H28N6O2S/c1-19-15-21(10-11-22(19)31-25(35)18-36-2)34-27(26(32-28(34)37)23-8-3-4-13-30-23)24-9-6-14-33(24)17-20-7-5-12-29-16-20/h3-16,26-27H,17-18H2,1-2H3,(H,31,35)(H,32,37)/t26-,27+/m0/s1. The van der Waals surface area contributed by atoms with Crippen LogP contribution in [0.15, 0.2) is 85.5 Å². The van der Waals surface area contributed by atoms with Crippen molar-refractivity contribution in [1.29, 1.82) is 0 Å². The van der Waals surface area contributed by atoms with E-state index in [9.17, 15) is 4.79 Å². The lowest BCUT2D eigenvalue weighted by Crippen LogP contribution is -2.30. The van der Waals surface area contributed by atoms with Gasteiger partial charge in [-0.25, -0.2) is 0 Å². The van der Waals surface area contributed by atoms with Crippen LogP contribution in [0.4, 0.5) is 11.4 Å². The highest BCUT2D eigenvalue weighted by molar-refractivity contribution is 7.80. The molecule has 0 unspecified atom stereocenters. The van der Waals surface area contributed by atoms with E-state index in [-0.39, 0.29) is 24.6 Å². The van der Waals surface area contributed by atoms with Crippen molar-refractivity contribution in [2.45, 2.75) is 25.6 Å². The van der Waals surface area contributed by atoms with Crippen LogP contribution in [0, 0.1) is 6.92 Å². The van der Waals surface area contributed by atoms with Gasteiger partial charge in [0.05, 0.1) is 11.7 Å². The summed E-state index contributed by atoms with van der Waals surface area (Å²) in [6, 6.07) is 19.7. The number of ether oxygens (including phenoxy) is 1. The Morgan fingerprint density at radius 1 is 1.14 bits per heavy atom. The fraction of sp³-hybridized carbons (Fsp3) is 0.214. The van der Waals surface area contributed by atoms with Crippen molar-refractivity contribution in [2.24, 2.45) is 0 Å². The van der Waals surface area contributed by atoms with Crippen LogP contribution < -0.4 is 15.5 Å². The number of carbonyl (C=O) groups is 1. The lowest BCUT2D eigenvalue weighted by Gasteiger charge is -2.29. The Labute approximate surface area is 221 Å². The Kier molecular flexibility index (Phi) is 7.25. The summed E-state index contributed by atoms with van der Waals surface area (Å²) in [5.41, 5.74) is 5.71. The second-order valence-corrected chi connectivity index (χ2v) is 9.29. The van der Waals surface area contributed by atoms with Crippen LogP contribution in [0.1, 0.15) is 34.6 Å². The SMILES string of the molecule is COCC(=O)Nc1ccc(N2C(=S)N[C@@H](c3ccccn3)[C@H]2c2cccn2Cc2cccnc2)cc1C. The van der Waals surface area contributed by atoms with Crippen LogP contribution in [-0.4, -0.2) is 39.3 Å². The van der Waals surface area contributed by atoms with Crippen LogP contribution in [0.5, 0.6) is 0 Å². The molecule has 0 aliphatic carbocycles. The Bertz CT molecular complexity index is 1390. The molecular weight excluding hydrogens is 484 g/mol. The van der Waals surface area contributed by atoms with E-state index in [0.29, 0.717) is 11.7 Å². The van der Waals surface area contributed by atoms with Gasteiger partial charge in [-0.2, -0.15) is 0 Å². The van der Waals surface area contributed by atoms with Crippen molar-refractivity contribution in [1.82, 2.24) is 19.9 Å². The molecule has 1 aliphatic heterocycles. The minimum atomic E-state index is -0.196. The zero-order chi connectivity index (χ0) is 25.8. The first-order valence-electron chi connectivity index (χ1n) is 12.0. The molecule has 1 aromatic carbocycles. The molecule has 188 valence electrons. The number of benzene rings is 1. The predicted molar refractivity (Wildman–Crippen MR) is 147 cm³/mol. The van der Waals surface area contributed by atoms with Gasteiger partial charge in [0, 0.05) is 55.5 Å². The summed E-state index contributed by atoms with van der Waals surface area (Å²) in [5, 5.41) is 7.03. The number of methoxy groups -OCH3 is 1. The van der Waals surface area contributed by atoms with Gasteiger partial charge in [0.1, 0.15) is 12.6 Å². The first-order valence-corrected chi connectivity index (χ1v) is 12.4. The van der Waals surface area contributed by atoms with Crippen LogP contribution in [0.25, 0.3) is 0 Å². The van der Waals surface area contributed by atoms with Gasteiger partial charge in [0.25, 0.3) is 0 Å². The number of aromatic nitrogens is 3. The first kappa shape index (κ1) is 24.6. The third-order valence-corrected chi connectivity index (χ3v) is 6.69. The summed E-state index contributed by atoms with van der Waals surface area (Å²) in [6.45, 7) is 2.66. The topological polar surface area (TPSA) is 84.3 Å². The minimum absolute atomic E-state index is 0.00305. The molecule has 0 spiro atoms. The summed E-state index contributed by atoms with van der Waals surface area (Å²) in [6.07, 6.45) is 7.55. The van der Waals surface area contributed by atoms with Gasteiger partial charge in [0.15, 0.2) is 5.11 Å². The zero-order valence-corrected chi connectivity index (χ0v) is 21.5. The number of hydrogen-bond donors (Lipinski definition) is 2. The molecule has 1 saturated heterocycles. The summed E-state index contributed by atoms with van der Waals surface area (Å²) >= 11 is 5.89. The maximum atomic E-state index is 12.1. The summed E-state index contributed by atoms with van der Waals surface area (Å²) in [7, 11) is 1.50. The van der Waals surface area contributed by atoms with E-state index in [1.54, 1.807) is 12.4 Å². The summed E-state index contributed by atoms with van der Waals surface area (Å²) in [5.74, 6) is -0.196. The minimum Gasteiger partial charge on any atom is -0.375 e. The molecule has 3 aromatic heterocycles. The highest BCUT2D eigenvalue weighted by atomic mass is 32.1. The van der Waals surface area contributed by atoms with Crippen molar-refractivity contribution in [2.75, 3.05) is 23.9 Å². The second kappa shape index (κ2) is 10.9. The third-order valence-electron chi connectivity index (χ3n) is 6.38. The monoisotopic (exact) mass is 512 g/mol. The number of nitrogens with zero attached hydrogens (tertiary/aromatic N) is 4. The molecule has 2 atom stereocenters. The van der Waals surface area contributed by atoms with Crippen molar-refractivity contribution in [3.05, 3.63) is 108 Å². The maximum absolute atomic E-state index is 12.1. The molecule has 1 aliphatic rings. The fourth-order valence-corrected chi connectivity index (χ4v) is 5.06. The number of hydrogen-bond acceptors (Lipinski definition) is 5. The number of carbonyl (C=O) groups excluding carboxylic acids is 1. The van der Waals surface area contributed by atoms with Crippen molar-refractivity contribution >= 4 is 34.6 Å². The molecule has 1 amide bonds. The molecule has 8 nitrogen and oxygen atoms in total. The Hall–Kier alpha value is -4.08. The average Bonchev–Trinajstić information content (AvgIpc) is 3.50. The van der Waals surface area contributed by atoms with Crippen molar-refractivity contribution in [3.63, 3.8) is 0 Å². The number of aryl methyl sites for hydroxylation is 1. The second-order valence-electron chi connectivity index (χ2n) is 8.90. The molecule has 0 saturated carbocycles. The van der Waals surface area contributed by atoms with Gasteiger partial charge in [0.2, 0.25) is 5.91 Å². The van der Waals surface area contributed by atoms with Gasteiger partial charge in [-0.15, -0.1) is 0 Å². The van der Waals surface area contributed by atoms with Crippen LogP contribution >= 0.6 is 12.2 Å². The van der Waals surface area contributed by atoms with Crippen molar-refractivity contribution < 1.29 is 9.53 Å². The van der Waals surface area contributed by atoms with Gasteiger partial charge in [-0.1, -0.05) is 12.1 Å². The number of thiocarbonyl (C=S) groups is 1. The van der Waals surface area contributed by atoms with E-state index in [4.69, 9.17) is 17.0 Å². The largest absolute Gasteiger partial charge is 0.375 e. The Morgan fingerprint density at radius 3 is 2.76 bits per heavy atom. The van der Waals surface area contributed by atoms with Crippen LogP contribution in [0.3, 0.4) is 0 Å². The van der Waals surface area contributed by atoms with Gasteiger partial charge < -0.3 is 24.8 Å². The number of rotatable bonds is 8. The molecular formula is C28H28N6O2S. The molecule has 0 radical (unpaired) electrons. The van der Waals surface area contributed by atoms with E-state index < -0.39 is 0 Å². The lowest BCUT2D eigenvalue weighted by atomic mass is 10.0. The quantitative estimate of drug-likeness (QED) is 0.339. The average molecular weight is 513 g/mol. The van der Waals surface area contributed by atoms with E-state index in [0.717, 1.165) is 33.9 Å². The summed E-state index contributed by atoms with van der Waals surface area (Å²) in [4.78, 5) is 23.1. The third kappa shape index (κ3) is 5.23. The Balaban J connectivity index is 1.54. The number of nitrogens with one attached hydrogen (secondary N) is 2. The highest BCUT2D eigenvalue weighted by Gasteiger charge is 2.42. The van der Waals surface area contributed by atoms with Crippen LogP contribution in [0.2, 0.25) is 0 Å². The summed E-state index contributed by atoms with van der Waals surface area (Å²) < 4.78 is 7.17. The van der Waals surface area contributed by atoms with Gasteiger partial charge >= 0.3 is 0 Å². The fourth-order valence-electron chi connectivity index (χ4n) is 4.72. The normalized spacial score (nSPS) is 17.0. The van der Waals surface area contributed by atoms with Gasteiger partial charge in [-0.05, 0) is 78.8 Å². The molecule has 0 bridgehead atoms. The smallest absolute Gasteiger partial charge is 0.250 e. The highest BCUT2D eigenvalue weighted by Crippen LogP contribution is 2.42. The Morgan fingerprint density at radius 2 is 2.03 bits per heavy atom. The van der Waals surface area contributed by atoms with E-state index in [2.05, 4.69) is 54.5 Å². The van der Waals surface area contributed by atoms with Crippen molar-refractivity contribution in [3.8, 4) is 0 Å². The van der Waals surface area contributed by atoms with E-state index in [1.165, 1.54) is 7.11 Å². The molecule has 4 heterocycles. The molecule has 5 rings (SSSR count). The first-order chi connectivity index (χ1) is 18.0. The molecule has 37 heavy (non-hydrogen) atoms. The lowest BCUT2D eigenvalue weighted by molar-refractivity contribution is -0.119. The number of amides is 1. The number of anilines is 2. The predicted octanol–water partition coefficient (Wildman–Crippen LogP) is 4.40. The number of pyridine rings is 2. The van der Waals surface area contributed by atoms with E-state index >= 15 is 0 Å². The molecule has 1 fully saturated rings. The van der Waals surface area contributed by atoms with E-state index in [1.807, 2.05) is 55.6 Å². The molecule has 9 heteroatoms. The zero-order valence-electron chi connectivity index (χ0n) is 20.7. The molecule has 2 N–H and O–H groups in total. The maximum Gasteiger partial charge on any atom is 0.250 e. The molecule has 4 aromatic rings. The van der Waals surface area contributed by atoms with Crippen LogP contribution in [-0.2, 0) is 16.1 Å². The van der Waals surface area contributed by atoms with Gasteiger partial charge in [-0.3, -0.25) is 14.8 Å².